The molecule has 0 aliphatic rings. The highest BCUT2D eigenvalue weighted by Gasteiger charge is 2.15. The van der Waals surface area contributed by atoms with Crippen molar-refractivity contribution in [2.75, 3.05) is 0 Å². The molecule has 0 spiro atoms. The lowest BCUT2D eigenvalue weighted by atomic mass is 10.1. The Bertz CT molecular complexity index is 732. The van der Waals surface area contributed by atoms with Gasteiger partial charge in [0.1, 0.15) is 11.6 Å². The minimum Gasteiger partial charge on any atom is -0.506 e. The molecule has 0 saturated carbocycles. The topological polar surface area (TPSA) is 78.4 Å². The third-order valence-corrected chi connectivity index (χ3v) is 3.45. The number of hydrazine groups is 1. The summed E-state index contributed by atoms with van der Waals surface area (Å²) < 4.78 is 13.1. The molecule has 2 aromatic rings. The highest BCUT2D eigenvalue weighted by molar-refractivity contribution is 9.10. The van der Waals surface area contributed by atoms with Crippen molar-refractivity contribution in [1.29, 1.82) is 0 Å². The van der Waals surface area contributed by atoms with Crippen LogP contribution in [0, 0.1) is 12.7 Å². The molecule has 2 rings (SSSR count). The number of hydrogen-bond donors (Lipinski definition) is 3. The number of benzene rings is 2. The first kappa shape index (κ1) is 16.0. The van der Waals surface area contributed by atoms with Crippen molar-refractivity contribution >= 4 is 27.7 Å². The summed E-state index contributed by atoms with van der Waals surface area (Å²) in [5.74, 6) is -1.95. The summed E-state index contributed by atoms with van der Waals surface area (Å²) in [6.45, 7) is 1.76. The van der Waals surface area contributed by atoms with Gasteiger partial charge in [0.2, 0.25) is 0 Å². The highest BCUT2D eigenvalue weighted by atomic mass is 79.9. The average molecular weight is 367 g/mol. The summed E-state index contributed by atoms with van der Waals surface area (Å²) in [6, 6.07) is 8.00. The first-order valence-corrected chi connectivity index (χ1v) is 7.03. The standard InChI is InChI=1S/C15H12BrFN2O3/c1-8-6-11(13(20)12(16)7-8)15(22)19-18-14(21)9-2-4-10(17)5-3-9/h2-7,20H,1H3,(H,18,21)(H,19,22). The quantitative estimate of drug-likeness (QED) is 0.715. The van der Waals surface area contributed by atoms with Crippen LogP contribution < -0.4 is 10.9 Å². The maximum atomic E-state index is 12.8. The molecule has 5 nitrogen and oxygen atoms in total. The number of carbonyl (C=O) groups is 2. The van der Waals surface area contributed by atoms with Gasteiger partial charge in [0.05, 0.1) is 10.0 Å². The van der Waals surface area contributed by atoms with E-state index in [2.05, 4.69) is 26.8 Å². The molecule has 22 heavy (non-hydrogen) atoms. The van der Waals surface area contributed by atoms with Crippen LogP contribution in [-0.2, 0) is 0 Å². The lowest BCUT2D eigenvalue weighted by Gasteiger charge is -2.10. The number of nitrogens with one attached hydrogen (secondary N) is 2. The number of carbonyl (C=O) groups excluding carboxylic acids is 2. The molecule has 0 fully saturated rings. The number of rotatable bonds is 2. The number of halogens is 2. The van der Waals surface area contributed by atoms with E-state index in [1.165, 1.54) is 18.2 Å². The summed E-state index contributed by atoms with van der Waals surface area (Å²) in [5.41, 5.74) is 5.36. The molecule has 0 aliphatic heterocycles. The lowest BCUT2D eigenvalue weighted by Crippen LogP contribution is -2.41. The number of amides is 2. The van der Waals surface area contributed by atoms with Gasteiger partial charge in [-0.25, -0.2) is 4.39 Å². The summed E-state index contributed by atoms with van der Waals surface area (Å²) in [4.78, 5) is 23.8. The molecular weight excluding hydrogens is 355 g/mol. The molecule has 0 radical (unpaired) electrons. The maximum Gasteiger partial charge on any atom is 0.273 e. The van der Waals surface area contributed by atoms with Gasteiger partial charge < -0.3 is 5.11 Å². The fourth-order valence-corrected chi connectivity index (χ4v) is 2.34. The second kappa shape index (κ2) is 6.57. The Balaban J connectivity index is 2.07. The summed E-state index contributed by atoms with van der Waals surface area (Å²) in [5, 5.41) is 9.84. The van der Waals surface area contributed by atoms with Gasteiger partial charge >= 0.3 is 0 Å². The van der Waals surface area contributed by atoms with E-state index in [0.29, 0.717) is 4.47 Å². The molecule has 2 aromatic carbocycles. The number of phenolic OH excluding ortho intramolecular Hbond substituents is 1. The third-order valence-electron chi connectivity index (χ3n) is 2.85. The van der Waals surface area contributed by atoms with Gasteiger partial charge in [-0.3, -0.25) is 20.4 Å². The molecule has 0 aliphatic carbocycles. The first-order valence-electron chi connectivity index (χ1n) is 6.24. The summed E-state index contributed by atoms with van der Waals surface area (Å²) in [6.07, 6.45) is 0. The Morgan fingerprint density at radius 2 is 1.68 bits per heavy atom. The number of phenols is 1. The van der Waals surface area contributed by atoms with Crippen molar-refractivity contribution in [3.63, 3.8) is 0 Å². The fraction of sp³-hybridized carbons (Fsp3) is 0.0667. The number of aromatic hydroxyl groups is 1. The Hall–Kier alpha value is -2.41. The van der Waals surface area contributed by atoms with Gasteiger partial charge in [0.25, 0.3) is 11.8 Å². The maximum absolute atomic E-state index is 12.8. The minimum atomic E-state index is -0.669. The SMILES string of the molecule is Cc1cc(Br)c(O)c(C(=O)NNC(=O)c2ccc(F)cc2)c1. The van der Waals surface area contributed by atoms with E-state index in [0.717, 1.165) is 17.7 Å². The van der Waals surface area contributed by atoms with Gasteiger partial charge in [0, 0.05) is 5.56 Å². The van der Waals surface area contributed by atoms with Gasteiger partial charge in [-0.2, -0.15) is 0 Å². The van der Waals surface area contributed by atoms with Crippen LogP contribution in [0.15, 0.2) is 40.9 Å². The predicted molar refractivity (Wildman–Crippen MR) is 81.9 cm³/mol. The van der Waals surface area contributed by atoms with Crippen LogP contribution in [-0.4, -0.2) is 16.9 Å². The summed E-state index contributed by atoms with van der Waals surface area (Å²) >= 11 is 3.14. The molecule has 0 heterocycles. The van der Waals surface area contributed by atoms with E-state index >= 15 is 0 Å². The molecule has 0 aromatic heterocycles. The van der Waals surface area contributed by atoms with Crippen LogP contribution in [0.25, 0.3) is 0 Å². The predicted octanol–water partition coefficient (Wildman–Crippen LogP) is 2.68. The zero-order valence-corrected chi connectivity index (χ0v) is 13.1. The highest BCUT2D eigenvalue weighted by Crippen LogP contribution is 2.29. The molecular formula is C15H12BrFN2O3. The van der Waals surface area contributed by atoms with Crippen molar-refractivity contribution < 1.29 is 19.1 Å². The van der Waals surface area contributed by atoms with E-state index in [4.69, 9.17) is 0 Å². The van der Waals surface area contributed by atoms with Crippen molar-refractivity contribution in [2.45, 2.75) is 6.92 Å². The van der Waals surface area contributed by atoms with Gasteiger partial charge in [-0.05, 0) is 64.8 Å². The Labute approximate surface area is 134 Å². The van der Waals surface area contributed by atoms with E-state index in [1.807, 2.05) is 0 Å². The van der Waals surface area contributed by atoms with Crippen molar-refractivity contribution in [3.05, 3.63) is 63.4 Å². The van der Waals surface area contributed by atoms with Gasteiger partial charge in [-0.1, -0.05) is 0 Å². The van der Waals surface area contributed by atoms with Gasteiger partial charge in [0.15, 0.2) is 0 Å². The molecule has 7 heteroatoms. The van der Waals surface area contributed by atoms with E-state index < -0.39 is 17.6 Å². The van der Waals surface area contributed by atoms with Crippen LogP contribution in [0.2, 0.25) is 0 Å². The van der Waals surface area contributed by atoms with Crippen LogP contribution in [0.3, 0.4) is 0 Å². The number of hydrogen-bond acceptors (Lipinski definition) is 3. The molecule has 0 bridgehead atoms. The molecule has 3 N–H and O–H groups in total. The smallest absolute Gasteiger partial charge is 0.273 e. The normalized spacial score (nSPS) is 10.1. The van der Waals surface area contributed by atoms with E-state index in [1.54, 1.807) is 13.0 Å². The Morgan fingerprint density at radius 3 is 2.32 bits per heavy atom. The molecule has 0 unspecified atom stereocenters. The molecule has 114 valence electrons. The second-order valence-corrected chi connectivity index (χ2v) is 5.41. The van der Waals surface area contributed by atoms with Crippen LogP contribution in [0.4, 0.5) is 4.39 Å². The first-order chi connectivity index (χ1) is 10.4. The summed E-state index contributed by atoms with van der Waals surface area (Å²) in [7, 11) is 0. The largest absolute Gasteiger partial charge is 0.506 e. The van der Waals surface area contributed by atoms with Crippen LogP contribution >= 0.6 is 15.9 Å². The molecule has 2 amide bonds. The fourth-order valence-electron chi connectivity index (χ4n) is 1.76. The van der Waals surface area contributed by atoms with E-state index in [-0.39, 0.29) is 16.9 Å². The lowest BCUT2D eigenvalue weighted by molar-refractivity contribution is 0.0845. The van der Waals surface area contributed by atoms with Gasteiger partial charge in [-0.15, -0.1) is 0 Å². The molecule has 0 saturated heterocycles. The van der Waals surface area contributed by atoms with Crippen molar-refractivity contribution in [2.24, 2.45) is 0 Å². The number of aryl methyl sites for hydroxylation is 1. The minimum absolute atomic E-state index is 0.0197. The van der Waals surface area contributed by atoms with Crippen LogP contribution in [0.5, 0.6) is 5.75 Å². The zero-order valence-electron chi connectivity index (χ0n) is 11.5. The Morgan fingerprint density at radius 1 is 1.09 bits per heavy atom. The third kappa shape index (κ3) is 3.62. The van der Waals surface area contributed by atoms with Crippen molar-refractivity contribution in [3.8, 4) is 5.75 Å². The average Bonchev–Trinajstić information content (AvgIpc) is 2.48. The zero-order chi connectivity index (χ0) is 16.3. The second-order valence-electron chi connectivity index (χ2n) is 4.56. The monoisotopic (exact) mass is 366 g/mol. The van der Waals surface area contributed by atoms with E-state index in [9.17, 15) is 19.1 Å². The van der Waals surface area contributed by atoms with Crippen molar-refractivity contribution in [1.82, 2.24) is 10.9 Å². The van der Waals surface area contributed by atoms with Crippen LogP contribution in [0.1, 0.15) is 26.3 Å². The molecule has 0 atom stereocenters. The Kier molecular flexibility index (Phi) is 4.77.